The molecule has 13 heteroatoms. The second-order valence-corrected chi connectivity index (χ2v) is 12.0. The molecule has 5 atom stereocenters. The number of nitrogens with one attached hydrogen (secondary N) is 1. The molecule has 0 aromatic heterocycles. The van der Waals surface area contributed by atoms with Crippen LogP contribution in [0.1, 0.15) is 41.0 Å². The summed E-state index contributed by atoms with van der Waals surface area (Å²) in [5.41, 5.74) is 4.80. The van der Waals surface area contributed by atoms with Gasteiger partial charge in [-0.1, -0.05) is 24.3 Å². The smallest absolute Gasteiger partial charge is 0.459 e. The number of para-hydroxylation sites is 1. The second-order valence-electron chi connectivity index (χ2n) is 10.3. The molecule has 1 aromatic carbocycles. The molecule has 0 aliphatic carbocycles. The lowest BCUT2D eigenvalue weighted by Gasteiger charge is -2.37. The van der Waals surface area contributed by atoms with Crippen LogP contribution in [0.4, 0.5) is 0 Å². The van der Waals surface area contributed by atoms with Gasteiger partial charge in [0.15, 0.2) is 11.5 Å². The van der Waals surface area contributed by atoms with Gasteiger partial charge >= 0.3 is 13.7 Å². The molecule has 3 aliphatic rings. The van der Waals surface area contributed by atoms with E-state index in [-0.39, 0.29) is 25.1 Å². The molecule has 2 saturated heterocycles. The highest BCUT2D eigenvalue weighted by molar-refractivity contribution is 7.52. The van der Waals surface area contributed by atoms with E-state index in [4.69, 9.17) is 33.7 Å². The Morgan fingerprint density at radius 2 is 1.95 bits per heavy atom. The van der Waals surface area contributed by atoms with E-state index >= 15 is 0 Å². The van der Waals surface area contributed by atoms with Gasteiger partial charge in [0.1, 0.15) is 24.0 Å². The predicted molar refractivity (Wildman–Crippen MR) is 140 cm³/mol. The van der Waals surface area contributed by atoms with Crippen LogP contribution in [0, 0.1) is 0 Å². The first-order valence-corrected chi connectivity index (χ1v) is 14.3. The number of hydrogen-bond donors (Lipinski definition) is 2. The van der Waals surface area contributed by atoms with E-state index in [1.54, 1.807) is 81.4 Å². The summed E-state index contributed by atoms with van der Waals surface area (Å²) in [6.07, 6.45) is 3.81. The molecule has 39 heavy (non-hydrogen) atoms. The number of carbonyl (C=O) groups is 2. The number of benzene rings is 1. The van der Waals surface area contributed by atoms with E-state index in [0.29, 0.717) is 12.0 Å². The number of amides is 1. The summed E-state index contributed by atoms with van der Waals surface area (Å²) in [4.78, 5) is 26.0. The Balaban J connectivity index is 1.54. The van der Waals surface area contributed by atoms with E-state index < -0.39 is 49.4 Å². The Bertz CT molecular complexity index is 1170. The first kappa shape index (κ1) is 29.3. The maximum atomic E-state index is 13.9. The number of carbonyl (C=O) groups excluding carboxylic acids is 2. The molecular formula is C26H36N3O9P. The van der Waals surface area contributed by atoms with Crippen LogP contribution in [0.5, 0.6) is 5.75 Å². The number of allylic oxidation sites excluding steroid dienone is 1. The van der Waals surface area contributed by atoms with Crippen molar-refractivity contribution in [3.8, 4) is 5.75 Å². The summed E-state index contributed by atoms with van der Waals surface area (Å²) in [6, 6.07) is 7.47. The lowest BCUT2D eigenvalue weighted by atomic mass is 10.0. The van der Waals surface area contributed by atoms with Crippen LogP contribution in [0.3, 0.4) is 0 Å². The number of rotatable bonds is 11. The fourth-order valence-corrected chi connectivity index (χ4v) is 6.07. The Hall–Kier alpha value is -2.73. The van der Waals surface area contributed by atoms with Gasteiger partial charge in [-0.2, -0.15) is 5.09 Å². The van der Waals surface area contributed by atoms with E-state index in [0.717, 1.165) is 0 Å². The number of nitrogens with two attached hydrogens (primary N) is 1. The summed E-state index contributed by atoms with van der Waals surface area (Å²) in [7, 11) is -4.12. The van der Waals surface area contributed by atoms with Gasteiger partial charge in [0, 0.05) is 18.0 Å². The fraction of sp³-hybridized carbons (Fsp3) is 0.538. The standard InChI is InChI=1S/C26H36N3O9P/c1-17(2)35-24(31)18(3)28-39(32,37-20-11-7-6-8-12-20)34-15-21-22-26(16-33-21,38-25(4,5)36-22)29-13-9-10-19(14-29)23(27)30/h6-9,11-14,17-18,21-22H,10,15-16H2,1-5H3,(H2,27,30)(H,28,32)/t18-,21?,22+,26+,39?/m0/s1. The topological polar surface area (TPSA) is 148 Å². The van der Waals surface area contributed by atoms with Crippen molar-refractivity contribution in [2.24, 2.45) is 5.73 Å². The number of nitrogens with zero attached hydrogens (tertiary/aromatic N) is 1. The summed E-state index contributed by atoms with van der Waals surface area (Å²) >= 11 is 0. The summed E-state index contributed by atoms with van der Waals surface area (Å²) in [5, 5.41) is 2.66. The maximum absolute atomic E-state index is 13.9. The third-order valence-corrected chi connectivity index (χ3v) is 7.85. The number of hydrogen-bond acceptors (Lipinski definition) is 10. The molecule has 3 heterocycles. The molecule has 0 saturated carbocycles. The normalized spacial score (nSPS) is 27.9. The summed E-state index contributed by atoms with van der Waals surface area (Å²) in [5.74, 6) is -1.85. The van der Waals surface area contributed by atoms with Crippen molar-refractivity contribution < 1.29 is 42.1 Å². The Morgan fingerprint density at radius 1 is 1.23 bits per heavy atom. The van der Waals surface area contributed by atoms with Crippen molar-refractivity contribution >= 4 is 19.6 Å². The Labute approximate surface area is 228 Å². The highest BCUT2D eigenvalue weighted by atomic mass is 31.2. The van der Waals surface area contributed by atoms with Gasteiger partial charge in [-0.05, 0) is 53.2 Å². The van der Waals surface area contributed by atoms with Gasteiger partial charge in [-0.25, -0.2) is 4.57 Å². The molecule has 0 spiro atoms. The van der Waals surface area contributed by atoms with E-state index in [2.05, 4.69) is 5.09 Å². The predicted octanol–water partition coefficient (Wildman–Crippen LogP) is 2.96. The van der Waals surface area contributed by atoms with Crippen LogP contribution in [-0.2, 0) is 37.6 Å². The third-order valence-electron chi connectivity index (χ3n) is 6.21. The first-order valence-electron chi connectivity index (χ1n) is 12.8. The average molecular weight is 566 g/mol. The van der Waals surface area contributed by atoms with Gasteiger partial charge in [-0.15, -0.1) is 0 Å². The Kier molecular flexibility index (Phi) is 8.55. The molecule has 2 unspecified atom stereocenters. The maximum Gasteiger partial charge on any atom is 0.459 e. The van der Waals surface area contributed by atoms with E-state index in [1.165, 1.54) is 6.92 Å². The van der Waals surface area contributed by atoms with E-state index in [9.17, 15) is 14.2 Å². The van der Waals surface area contributed by atoms with Crippen molar-refractivity contribution in [1.82, 2.24) is 9.99 Å². The van der Waals surface area contributed by atoms with Gasteiger partial charge in [0.25, 0.3) is 0 Å². The number of fused-ring (bicyclic) bond motifs is 1. The van der Waals surface area contributed by atoms with E-state index in [1.807, 2.05) is 0 Å². The van der Waals surface area contributed by atoms with Crippen LogP contribution in [0.2, 0.25) is 0 Å². The molecular weight excluding hydrogens is 529 g/mol. The van der Waals surface area contributed by atoms with Gasteiger partial charge in [0.05, 0.1) is 19.3 Å². The quantitative estimate of drug-likeness (QED) is 0.301. The van der Waals surface area contributed by atoms with Crippen LogP contribution < -0.4 is 15.3 Å². The highest BCUT2D eigenvalue weighted by Gasteiger charge is 2.64. The first-order chi connectivity index (χ1) is 18.3. The zero-order valence-electron chi connectivity index (χ0n) is 22.7. The summed E-state index contributed by atoms with van der Waals surface area (Å²) in [6.45, 7) is 8.32. The lowest BCUT2D eigenvalue weighted by Crippen LogP contribution is -2.53. The zero-order valence-corrected chi connectivity index (χ0v) is 23.6. The molecule has 1 aromatic rings. The third kappa shape index (κ3) is 6.71. The lowest BCUT2D eigenvalue weighted by molar-refractivity contribution is -0.208. The van der Waals surface area contributed by atoms with Crippen molar-refractivity contribution in [1.29, 1.82) is 0 Å². The zero-order chi connectivity index (χ0) is 28.4. The van der Waals surface area contributed by atoms with Crippen LogP contribution in [0.25, 0.3) is 0 Å². The fourth-order valence-electron chi connectivity index (χ4n) is 4.57. The second kappa shape index (κ2) is 11.4. The average Bonchev–Trinajstić information content (AvgIpc) is 3.34. The highest BCUT2D eigenvalue weighted by Crippen LogP contribution is 2.49. The van der Waals surface area contributed by atoms with Crippen LogP contribution >= 0.6 is 7.75 Å². The van der Waals surface area contributed by atoms with Gasteiger partial charge < -0.3 is 34.1 Å². The van der Waals surface area contributed by atoms with Crippen molar-refractivity contribution in [2.75, 3.05) is 13.2 Å². The number of esters is 1. The molecule has 0 radical (unpaired) electrons. The molecule has 3 aliphatic heterocycles. The largest absolute Gasteiger partial charge is 0.462 e. The van der Waals surface area contributed by atoms with Crippen LogP contribution in [0.15, 0.2) is 54.4 Å². The molecule has 4 rings (SSSR count). The number of primary amides is 1. The molecule has 12 nitrogen and oxygen atoms in total. The van der Waals surface area contributed by atoms with Crippen molar-refractivity contribution in [3.05, 3.63) is 54.4 Å². The molecule has 214 valence electrons. The van der Waals surface area contributed by atoms with Crippen molar-refractivity contribution in [2.45, 2.75) is 76.9 Å². The van der Waals surface area contributed by atoms with Crippen molar-refractivity contribution in [3.63, 3.8) is 0 Å². The SMILES string of the molecule is CC(C)OC(=O)[C@H](C)NP(=O)(OCC1OC[C@@]2(N3C=CCC(C(N)=O)=C3)OC(C)(C)O[C@H]12)Oc1ccccc1. The minimum absolute atomic E-state index is 0.0659. The van der Waals surface area contributed by atoms with Gasteiger partial charge in [0.2, 0.25) is 5.91 Å². The minimum Gasteiger partial charge on any atom is -0.462 e. The number of ether oxygens (including phenoxy) is 4. The molecule has 1 amide bonds. The molecule has 2 fully saturated rings. The Morgan fingerprint density at radius 3 is 2.62 bits per heavy atom. The van der Waals surface area contributed by atoms with Crippen LogP contribution in [-0.4, -0.2) is 65.9 Å². The molecule has 3 N–H and O–H groups in total. The molecule has 0 bridgehead atoms. The monoisotopic (exact) mass is 565 g/mol. The summed E-state index contributed by atoms with van der Waals surface area (Å²) < 4.78 is 49.2. The minimum atomic E-state index is -4.12. The van der Waals surface area contributed by atoms with Gasteiger partial charge in [-0.3, -0.25) is 14.1 Å².